The molecule has 24 heteroatoms. The maximum atomic E-state index is 13.7. The van der Waals surface area contributed by atoms with Crippen LogP contribution in [-0.2, 0) is 29.0 Å². The molecule has 0 aliphatic rings. The van der Waals surface area contributed by atoms with E-state index in [0.717, 1.165) is 56.5 Å². The summed E-state index contributed by atoms with van der Waals surface area (Å²) in [6.45, 7) is 13.1. The highest BCUT2D eigenvalue weighted by atomic mass is 19.1. The zero-order chi connectivity index (χ0) is 56.1. The summed E-state index contributed by atoms with van der Waals surface area (Å²) in [5, 5.41) is 45.6. The number of fused-ring (bicyclic) bond motifs is 2. The molecular formula is C54H55F2N13O9. The molecule has 0 atom stereocenters. The molecule has 0 unspecified atom stereocenters. The van der Waals surface area contributed by atoms with Gasteiger partial charge in [0.25, 0.3) is 0 Å². The van der Waals surface area contributed by atoms with E-state index >= 15 is 0 Å². The van der Waals surface area contributed by atoms with E-state index in [0.29, 0.717) is 47.2 Å². The Kier molecular flexibility index (Phi) is 16.1. The van der Waals surface area contributed by atoms with E-state index in [4.69, 9.17) is 10.5 Å². The number of hydrogen-bond donors (Lipinski definition) is 8. The third kappa shape index (κ3) is 11.7. The highest BCUT2D eigenvalue weighted by molar-refractivity contribution is 5.84. The molecule has 6 aromatic heterocycles. The third-order valence-electron chi connectivity index (χ3n) is 12.8. The van der Waals surface area contributed by atoms with Gasteiger partial charge in [0.05, 0.1) is 60.2 Å². The molecule has 0 radical (unpaired) electrons. The Morgan fingerprint density at radius 2 is 1.14 bits per heavy atom. The summed E-state index contributed by atoms with van der Waals surface area (Å²) < 4.78 is 37.8. The molecule has 0 saturated heterocycles. The van der Waals surface area contributed by atoms with E-state index < -0.39 is 41.1 Å². The molecule has 10 rings (SSSR count). The number of carbonyl (C=O) groups is 1. The molecule has 404 valence electrons. The predicted molar refractivity (Wildman–Crippen MR) is 287 cm³/mol. The van der Waals surface area contributed by atoms with Gasteiger partial charge in [0.2, 0.25) is 0 Å². The second-order valence-corrected chi connectivity index (χ2v) is 18.7. The largest absolute Gasteiger partial charge is 0.507 e. The molecule has 0 amide bonds. The van der Waals surface area contributed by atoms with Gasteiger partial charge in [-0.05, 0) is 121 Å². The number of hydrogen-bond acceptors (Lipinski definition) is 14. The highest BCUT2D eigenvalue weighted by Crippen LogP contribution is 2.36. The van der Waals surface area contributed by atoms with Gasteiger partial charge in [-0.25, -0.2) is 47.3 Å². The molecule has 0 spiro atoms. The molecule has 4 aromatic carbocycles. The summed E-state index contributed by atoms with van der Waals surface area (Å²) >= 11 is 0. The van der Waals surface area contributed by atoms with Crippen LogP contribution in [0.5, 0.6) is 11.5 Å². The summed E-state index contributed by atoms with van der Waals surface area (Å²) in [7, 11) is 0. The number of benzene rings is 4. The van der Waals surface area contributed by atoms with Crippen molar-refractivity contribution in [3.8, 4) is 45.6 Å². The minimum Gasteiger partial charge on any atom is -0.507 e. The van der Waals surface area contributed by atoms with E-state index in [2.05, 4.69) is 63.0 Å². The number of aromatic amines is 4. The minimum absolute atomic E-state index is 0.0253. The van der Waals surface area contributed by atoms with Gasteiger partial charge in [0, 0.05) is 40.7 Å². The molecule has 0 fully saturated rings. The number of aliphatic hydroxyl groups excluding tert-OH is 1. The van der Waals surface area contributed by atoms with Crippen LogP contribution < -0.4 is 28.5 Å². The van der Waals surface area contributed by atoms with Gasteiger partial charge in [-0.1, -0.05) is 27.7 Å². The first-order chi connectivity index (χ1) is 37.2. The number of carbonyl (C=O) groups excluding carboxylic acids is 1. The number of H-pyrrole nitrogens is 4. The quantitative estimate of drug-likeness (QED) is 0.0603. The molecular weight excluding hydrogens is 1010 g/mol. The number of nitrogens with zero attached hydrogens (tertiary/aromatic N) is 8. The molecule has 9 N–H and O–H groups in total. The van der Waals surface area contributed by atoms with Gasteiger partial charge in [-0.3, -0.25) is 9.78 Å². The number of aromatic nitrogens is 12. The monoisotopic (exact) mass is 1070 g/mol. The van der Waals surface area contributed by atoms with Crippen molar-refractivity contribution >= 4 is 33.6 Å². The first-order valence-corrected chi connectivity index (χ1v) is 24.4. The maximum absolute atomic E-state index is 13.7. The van der Waals surface area contributed by atoms with Gasteiger partial charge < -0.3 is 39.9 Å². The average molecular weight is 1070 g/mol. The van der Waals surface area contributed by atoms with Crippen LogP contribution >= 0.6 is 0 Å². The maximum Gasteiger partial charge on any atom is 0.348 e. The van der Waals surface area contributed by atoms with Crippen LogP contribution in [0.15, 0.2) is 117 Å². The van der Waals surface area contributed by atoms with Crippen LogP contribution in [0.25, 0.3) is 56.0 Å². The molecule has 0 aliphatic heterocycles. The number of esters is 1. The lowest BCUT2D eigenvalue weighted by Gasteiger charge is -2.14. The average Bonchev–Trinajstić information content (AvgIpc) is 4.21. The van der Waals surface area contributed by atoms with Crippen molar-refractivity contribution in [1.29, 1.82) is 0 Å². The number of aliphatic hydroxyl groups is 1. The summed E-state index contributed by atoms with van der Waals surface area (Å²) in [4.78, 5) is 69.5. The number of rotatable bonds is 13. The molecule has 0 aliphatic carbocycles. The normalized spacial score (nSPS) is 11.3. The summed E-state index contributed by atoms with van der Waals surface area (Å²) in [6, 6.07) is 22.0. The first kappa shape index (κ1) is 54.5. The number of phenolic OH excluding ortho intramolecular Hbond substituents is 2. The number of phenols is 2. The fraction of sp³-hybridized carbons (Fsp3) is 0.241. The van der Waals surface area contributed by atoms with Gasteiger partial charge in [-0.2, -0.15) is 20.2 Å². The van der Waals surface area contributed by atoms with Crippen molar-refractivity contribution in [3.05, 3.63) is 179 Å². The van der Waals surface area contributed by atoms with E-state index in [1.807, 2.05) is 95.0 Å². The number of nitrogens with one attached hydrogen (secondary N) is 4. The number of aryl methyl sites for hydroxylation is 2. The Morgan fingerprint density at radius 1 is 0.667 bits per heavy atom. The second-order valence-electron chi connectivity index (χ2n) is 18.7. The van der Waals surface area contributed by atoms with Crippen molar-refractivity contribution in [2.45, 2.75) is 72.9 Å². The molecule has 0 bridgehead atoms. The standard InChI is InChI=1S/C28H27FN6O5.C22H24N4O3.C4H4FN3O/c1-15(2)19-12-20(24(36)10-16(19)3)26-32-33-28(39)35(26)18-4-5-23-17(11-18)6-7-34(23)8-9-40-25(37)13-22-21(29)14-30-27(38)31-22;1-13(2)17-12-18(20(28)10-14(17)3)21-23-24-22(29)26(21)16-4-5-19-15(11-16)6-7-25(19)8-9-27;5-2-1-7-4(9)8-3(2)6/h4-7,10-12,14-15,36H,8-9,13H2,1-3H3,(H,33,39)(H,30,31,38);4-7,10-13,27-28H,8-9H2,1-3H3,(H,24,29);1H,(H3,6,7,8,9). The van der Waals surface area contributed by atoms with Gasteiger partial charge in [-0.15, -0.1) is 0 Å². The SMILES string of the molecule is Cc1cc(O)c(-c2n[nH]c(=O)n2-c2ccc3c(ccn3CCO)c2)cc1C(C)C.Cc1cc(O)c(-c2n[nH]c(=O)n2-c2ccc3c(ccn3CCOC(=O)Cc3[nH]c(=O)ncc3F)c2)cc1C(C)C.Nc1[nH]c(=O)ncc1F. The van der Waals surface area contributed by atoms with Crippen LogP contribution in [0.3, 0.4) is 0 Å². The molecule has 22 nitrogen and oxygen atoms in total. The molecule has 10 aromatic rings. The summed E-state index contributed by atoms with van der Waals surface area (Å²) in [5.74, 6) is -1.21. The minimum atomic E-state index is -0.790. The van der Waals surface area contributed by atoms with Crippen LogP contribution in [-0.4, -0.2) is 93.1 Å². The zero-order valence-electron chi connectivity index (χ0n) is 43.1. The van der Waals surface area contributed by atoms with Crippen LogP contribution in [0.4, 0.5) is 14.6 Å². The Hall–Kier alpha value is -9.71. The summed E-state index contributed by atoms with van der Waals surface area (Å²) in [6.07, 6.45) is 4.84. The van der Waals surface area contributed by atoms with Crippen LogP contribution in [0.1, 0.15) is 67.5 Å². The Labute approximate surface area is 441 Å². The first-order valence-electron chi connectivity index (χ1n) is 24.4. The molecule has 0 saturated carbocycles. The Balaban J connectivity index is 0.000000183. The highest BCUT2D eigenvalue weighted by Gasteiger charge is 2.22. The molecule has 6 heterocycles. The van der Waals surface area contributed by atoms with Gasteiger partial charge in [0.1, 0.15) is 23.9 Å². The zero-order valence-corrected chi connectivity index (χ0v) is 43.1. The predicted octanol–water partition coefficient (Wildman–Crippen LogP) is 6.13. The van der Waals surface area contributed by atoms with Crippen molar-refractivity contribution in [3.63, 3.8) is 0 Å². The van der Waals surface area contributed by atoms with Crippen molar-refractivity contribution in [2.24, 2.45) is 0 Å². The lowest BCUT2D eigenvalue weighted by Crippen LogP contribution is -2.19. The number of halogens is 2. The fourth-order valence-corrected chi connectivity index (χ4v) is 8.99. The Bertz CT molecular complexity index is 4090. The second kappa shape index (κ2) is 23.0. The van der Waals surface area contributed by atoms with E-state index in [1.54, 1.807) is 18.2 Å². The number of aromatic hydroxyl groups is 2. The van der Waals surface area contributed by atoms with E-state index in [-0.39, 0.29) is 53.8 Å². The lowest BCUT2D eigenvalue weighted by molar-refractivity contribution is -0.143. The summed E-state index contributed by atoms with van der Waals surface area (Å²) in [5.41, 5.74) is 10.6. The smallest absolute Gasteiger partial charge is 0.348 e. The van der Waals surface area contributed by atoms with Crippen molar-refractivity contribution < 1.29 is 33.6 Å². The Morgan fingerprint density at radius 3 is 1.60 bits per heavy atom. The number of nitrogen functional groups attached to an aromatic ring is 1. The van der Waals surface area contributed by atoms with E-state index in [1.165, 1.54) is 9.13 Å². The number of anilines is 1. The van der Waals surface area contributed by atoms with Crippen LogP contribution in [0, 0.1) is 25.5 Å². The van der Waals surface area contributed by atoms with Gasteiger partial charge in [0.15, 0.2) is 23.3 Å². The van der Waals surface area contributed by atoms with Crippen LogP contribution in [0.2, 0.25) is 0 Å². The topological polar surface area (TPSA) is 316 Å². The molecule has 78 heavy (non-hydrogen) atoms. The number of ether oxygens (including phenoxy) is 1. The van der Waals surface area contributed by atoms with Gasteiger partial charge >= 0.3 is 28.7 Å². The lowest BCUT2D eigenvalue weighted by atomic mass is 9.95. The fourth-order valence-electron chi connectivity index (χ4n) is 8.99. The third-order valence-corrected chi connectivity index (χ3v) is 12.8. The van der Waals surface area contributed by atoms with Crippen molar-refractivity contribution in [2.75, 3.05) is 18.9 Å². The number of nitrogens with two attached hydrogens (primary N) is 1. The van der Waals surface area contributed by atoms with E-state index in [9.17, 15) is 48.1 Å². The van der Waals surface area contributed by atoms with Crippen molar-refractivity contribution in [1.82, 2.24) is 58.6 Å².